The summed E-state index contributed by atoms with van der Waals surface area (Å²) < 4.78 is 2.28. The molecule has 1 saturated heterocycles. The molecule has 0 spiro atoms. The van der Waals surface area contributed by atoms with Crippen LogP contribution in [0, 0.1) is 6.92 Å². The molecule has 2 N–H and O–H groups in total. The molecular weight excluding hydrogens is 202 g/mol. The smallest absolute Gasteiger partial charge is 0.106 e. The van der Waals surface area contributed by atoms with Crippen LogP contribution >= 0.6 is 0 Å². The molecule has 88 valence electrons. The maximum absolute atomic E-state index is 9.98. The fourth-order valence-electron chi connectivity index (χ4n) is 3.05. The summed E-state index contributed by atoms with van der Waals surface area (Å²) in [7, 11) is 0. The van der Waals surface area contributed by atoms with Crippen molar-refractivity contribution >= 4 is 0 Å². The van der Waals surface area contributed by atoms with Gasteiger partial charge >= 0.3 is 0 Å². The highest BCUT2D eigenvalue weighted by Crippen LogP contribution is 2.27. The highest BCUT2D eigenvalue weighted by atomic mass is 16.3. The minimum Gasteiger partial charge on any atom is -0.390 e. The Morgan fingerprint density at radius 1 is 1.31 bits per heavy atom. The monoisotopic (exact) mass is 221 g/mol. The van der Waals surface area contributed by atoms with Crippen LogP contribution in [-0.4, -0.2) is 33.9 Å². The molecule has 1 aliphatic carbocycles. The normalized spacial score (nSPS) is 29.4. The lowest BCUT2D eigenvalue weighted by atomic mass is 10.0. The highest BCUT2D eigenvalue weighted by molar-refractivity contribution is 5.21. The van der Waals surface area contributed by atoms with Crippen LogP contribution in [0.3, 0.4) is 0 Å². The first-order valence-corrected chi connectivity index (χ1v) is 6.22. The SMILES string of the molecule is Cc1nc2c(n1C1CNCC1O)CCCC2. The topological polar surface area (TPSA) is 50.1 Å². The fourth-order valence-corrected chi connectivity index (χ4v) is 3.05. The lowest BCUT2D eigenvalue weighted by molar-refractivity contribution is 0.148. The Balaban J connectivity index is 2.02. The van der Waals surface area contributed by atoms with Crippen LogP contribution in [0.2, 0.25) is 0 Å². The van der Waals surface area contributed by atoms with Gasteiger partial charge in [-0.3, -0.25) is 0 Å². The van der Waals surface area contributed by atoms with Gasteiger partial charge in [-0.25, -0.2) is 4.98 Å². The van der Waals surface area contributed by atoms with Gasteiger partial charge in [0, 0.05) is 18.8 Å². The molecule has 4 nitrogen and oxygen atoms in total. The summed E-state index contributed by atoms with van der Waals surface area (Å²) in [6.45, 7) is 3.63. The first-order chi connectivity index (χ1) is 7.77. The third-order valence-corrected chi connectivity index (χ3v) is 3.83. The van der Waals surface area contributed by atoms with E-state index in [4.69, 9.17) is 0 Å². The van der Waals surface area contributed by atoms with Crippen LogP contribution in [0.25, 0.3) is 0 Å². The number of imidazole rings is 1. The maximum atomic E-state index is 9.98. The summed E-state index contributed by atoms with van der Waals surface area (Å²) in [5.41, 5.74) is 2.64. The van der Waals surface area contributed by atoms with Gasteiger partial charge in [0.25, 0.3) is 0 Å². The highest BCUT2D eigenvalue weighted by Gasteiger charge is 2.31. The summed E-state index contributed by atoms with van der Waals surface area (Å²) in [4.78, 5) is 4.65. The van der Waals surface area contributed by atoms with Gasteiger partial charge in [-0.15, -0.1) is 0 Å². The van der Waals surface area contributed by atoms with Crippen LogP contribution in [0.1, 0.15) is 36.1 Å². The van der Waals surface area contributed by atoms with Crippen molar-refractivity contribution in [2.75, 3.05) is 13.1 Å². The average Bonchev–Trinajstić information content (AvgIpc) is 2.81. The van der Waals surface area contributed by atoms with Crippen molar-refractivity contribution in [2.24, 2.45) is 0 Å². The molecular formula is C12H19N3O. The van der Waals surface area contributed by atoms with E-state index < -0.39 is 0 Å². The molecule has 2 unspecified atom stereocenters. The lowest BCUT2D eigenvalue weighted by Crippen LogP contribution is -2.25. The molecule has 2 aliphatic rings. The van der Waals surface area contributed by atoms with E-state index in [9.17, 15) is 5.11 Å². The van der Waals surface area contributed by atoms with Gasteiger partial charge < -0.3 is 15.0 Å². The summed E-state index contributed by atoms with van der Waals surface area (Å²) in [5.74, 6) is 1.07. The van der Waals surface area contributed by atoms with Crippen molar-refractivity contribution in [3.8, 4) is 0 Å². The van der Waals surface area contributed by atoms with E-state index in [1.165, 1.54) is 24.2 Å². The first kappa shape index (κ1) is 10.3. The van der Waals surface area contributed by atoms with Crippen LogP contribution < -0.4 is 5.32 Å². The molecule has 0 aromatic carbocycles. The summed E-state index contributed by atoms with van der Waals surface area (Å²) >= 11 is 0. The number of aromatic nitrogens is 2. The third kappa shape index (κ3) is 1.48. The molecule has 0 radical (unpaired) electrons. The van der Waals surface area contributed by atoms with Gasteiger partial charge in [0.15, 0.2) is 0 Å². The molecule has 0 amide bonds. The zero-order valence-electron chi connectivity index (χ0n) is 9.74. The molecule has 1 aromatic heterocycles. The Hall–Kier alpha value is -0.870. The number of hydrogen-bond donors (Lipinski definition) is 2. The van der Waals surface area contributed by atoms with Gasteiger partial charge in [-0.05, 0) is 32.6 Å². The second kappa shape index (κ2) is 3.86. The van der Waals surface area contributed by atoms with Crippen LogP contribution in [0.5, 0.6) is 0 Å². The number of fused-ring (bicyclic) bond motifs is 1. The molecule has 4 heteroatoms. The van der Waals surface area contributed by atoms with Gasteiger partial charge in [0.05, 0.1) is 17.8 Å². The number of aliphatic hydroxyl groups excluding tert-OH is 1. The minimum atomic E-state index is -0.265. The molecule has 2 heterocycles. The van der Waals surface area contributed by atoms with Gasteiger partial charge in [0.2, 0.25) is 0 Å². The van der Waals surface area contributed by atoms with E-state index in [1.807, 2.05) is 0 Å². The number of aryl methyl sites for hydroxylation is 2. The van der Waals surface area contributed by atoms with E-state index in [0.717, 1.165) is 25.2 Å². The van der Waals surface area contributed by atoms with Crippen LogP contribution in [0.4, 0.5) is 0 Å². The average molecular weight is 221 g/mol. The fraction of sp³-hybridized carbons (Fsp3) is 0.750. The Kier molecular flexibility index (Phi) is 2.48. The van der Waals surface area contributed by atoms with E-state index in [1.54, 1.807) is 0 Å². The molecule has 1 fully saturated rings. The van der Waals surface area contributed by atoms with Crippen molar-refractivity contribution in [2.45, 2.75) is 44.8 Å². The number of hydrogen-bond acceptors (Lipinski definition) is 3. The lowest BCUT2D eigenvalue weighted by Gasteiger charge is -2.22. The van der Waals surface area contributed by atoms with Crippen molar-refractivity contribution in [1.29, 1.82) is 0 Å². The van der Waals surface area contributed by atoms with Crippen LogP contribution in [-0.2, 0) is 12.8 Å². The number of β-amino-alcohol motifs (C(OH)–C–C–N with tert-alkyl or cyclic N) is 1. The molecule has 2 atom stereocenters. The maximum Gasteiger partial charge on any atom is 0.106 e. The molecule has 1 aromatic rings. The van der Waals surface area contributed by atoms with Gasteiger partial charge in [0.1, 0.15) is 5.82 Å². The predicted molar refractivity (Wildman–Crippen MR) is 61.5 cm³/mol. The Labute approximate surface area is 95.7 Å². The summed E-state index contributed by atoms with van der Waals surface area (Å²) in [5, 5.41) is 13.2. The van der Waals surface area contributed by atoms with Gasteiger partial charge in [-0.2, -0.15) is 0 Å². The van der Waals surface area contributed by atoms with Crippen molar-refractivity contribution in [3.63, 3.8) is 0 Å². The third-order valence-electron chi connectivity index (χ3n) is 3.83. The number of aliphatic hydroxyl groups is 1. The second-order valence-electron chi connectivity index (χ2n) is 4.92. The van der Waals surface area contributed by atoms with E-state index in [2.05, 4.69) is 21.8 Å². The number of nitrogens with zero attached hydrogens (tertiary/aromatic N) is 2. The molecule has 1 aliphatic heterocycles. The van der Waals surface area contributed by atoms with Crippen molar-refractivity contribution in [3.05, 3.63) is 17.2 Å². The Morgan fingerprint density at radius 3 is 2.88 bits per heavy atom. The number of rotatable bonds is 1. The quantitative estimate of drug-likeness (QED) is 0.729. The molecule has 0 bridgehead atoms. The van der Waals surface area contributed by atoms with Gasteiger partial charge in [-0.1, -0.05) is 0 Å². The van der Waals surface area contributed by atoms with Crippen LogP contribution in [0.15, 0.2) is 0 Å². The Morgan fingerprint density at radius 2 is 2.12 bits per heavy atom. The summed E-state index contributed by atoms with van der Waals surface area (Å²) in [6, 6.07) is 0.189. The molecule has 16 heavy (non-hydrogen) atoms. The molecule has 0 saturated carbocycles. The number of nitrogens with one attached hydrogen (secondary N) is 1. The molecule has 3 rings (SSSR count). The largest absolute Gasteiger partial charge is 0.390 e. The van der Waals surface area contributed by atoms with Crippen molar-refractivity contribution < 1.29 is 5.11 Å². The minimum absolute atomic E-state index is 0.189. The predicted octanol–water partition coefficient (Wildman–Crippen LogP) is 0.576. The standard InChI is InChI=1S/C12H19N3O/c1-8-14-9-4-2-3-5-10(9)15(8)11-6-13-7-12(11)16/h11-13,16H,2-7H2,1H3. The zero-order chi connectivity index (χ0) is 11.1. The van der Waals surface area contributed by atoms with Crippen molar-refractivity contribution in [1.82, 2.24) is 14.9 Å². The van der Waals surface area contributed by atoms with E-state index in [0.29, 0.717) is 6.54 Å². The summed E-state index contributed by atoms with van der Waals surface area (Å²) in [6.07, 6.45) is 4.49. The van der Waals surface area contributed by atoms with E-state index >= 15 is 0 Å². The first-order valence-electron chi connectivity index (χ1n) is 6.22. The second-order valence-corrected chi connectivity index (χ2v) is 4.92. The zero-order valence-corrected chi connectivity index (χ0v) is 9.74. The van der Waals surface area contributed by atoms with E-state index in [-0.39, 0.29) is 12.1 Å². The Bertz CT molecular complexity index is 399.